The van der Waals surface area contributed by atoms with Gasteiger partial charge in [-0.1, -0.05) is 6.07 Å². The molecular weight excluding hydrogens is 359 g/mol. The number of aromatic nitrogens is 2. The zero-order valence-corrected chi connectivity index (χ0v) is 13.9. The first kappa shape index (κ1) is 18.8. The Bertz CT molecular complexity index is 734. The van der Waals surface area contributed by atoms with Crippen molar-refractivity contribution in [1.82, 2.24) is 15.3 Å². The maximum absolute atomic E-state index is 12.0. The molecular formula is C15H14F3N3O3S. The van der Waals surface area contributed by atoms with Crippen LogP contribution >= 0.6 is 11.3 Å². The van der Waals surface area contributed by atoms with Crippen LogP contribution in [0.3, 0.4) is 0 Å². The number of halogens is 3. The molecule has 0 saturated carbocycles. The monoisotopic (exact) mass is 373 g/mol. The first-order chi connectivity index (χ1) is 11.7. The van der Waals surface area contributed by atoms with E-state index >= 15 is 0 Å². The minimum atomic E-state index is -4.53. The average molecular weight is 373 g/mol. The van der Waals surface area contributed by atoms with Crippen LogP contribution in [0.25, 0.3) is 10.7 Å². The molecule has 1 atom stereocenters. The van der Waals surface area contributed by atoms with Gasteiger partial charge in [-0.05, 0) is 19.1 Å². The Hall–Kier alpha value is -2.49. The Labute approximate surface area is 145 Å². The second-order valence-electron chi connectivity index (χ2n) is 5.00. The summed E-state index contributed by atoms with van der Waals surface area (Å²) in [5, 5.41) is 3.93. The lowest BCUT2D eigenvalue weighted by molar-refractivity contribution is -0.157. The third kappa shape index (κ3) is 6.14. The van der Waals surface area contributed by atoms with Crippen molar-refractivity contribution in [3.63, 3.8) is 0 Å². The van der Waals surface area contributed by atoms with E-state index in [0.717, 1.165) is 0 Å². The molecule has 0 radical (unpaired) electrons. The number of hydrogen-bond donors (Lipinski definition) is 1. The van der Waals surface area contributed by atoms with Gasteiger partial charge in [0, 0.05) is 11.6 Å². The van der Waals surface area contributed by atoms with E-state index in [0.29, 0.717) is 16.4 Å². The Kier molecular flexibility index (Phi) is 6.07. The van der Waals surface area contributed by atoms with Gasteiger partial charge in [0.05, 0.1) is 17.8 Å². The average Bonchev–Trinajstić information content (AvgIpc) is 3.01. The Morgan fingerprint density at radius 3 is 2.76 bits per heavy atom. The predicted molar refractivity (Wildman–Crippen MR) is 83.7 cm³/mol. The molecule has 2 aromatic heterocycles. The van der Waals surface area contributed by atoms with Crippen molar-refractivity contribution in [3.8, 4) is 10.7 Å². The first-order valence-electron chi connectivity index (χ1n) is 7.14. The van der Waals surface area contributed by atoms with Gasteiger partial charge in [0.2, 0.25) is 0 Å². The van der Waals surface area contributed by atoms with Crippen molar-refractivity contribution in [2.45, 2.75) is 25.6 Å². The van der Waals surface area contributed by atoms with E-state index in [4.69, 9.17) is 4.74 Å². The van der Waals surface area contributed by atoms with Crippen LogP contribution in [0.1, 0.15) is 12.6 Å². The van der Waals surface area contributed by atoms with Crippen molar-refractivity contribution >= 4 is 23.2 Å². The van der Waals surface area contributed by atoms with Gasteiger partial charge in [-0.3, -0.25) is 14.6 Å². The fraction of sp³-hybridized carbons (Fsp3) is 0.333. The van der Waals surface area contributed by atoms with Crippen LogP contribution < -0.4 is 5.32 Å². The van der Waals surface area contributed by atoms with Crippen molar-refractivity contribution in [1.29, 1.82) is 0 Å². The molecule has 25 heavy (non-hydrogen) atoms. The molecule has 6 nitrogen and oxygen atoms in total. The lowest BCUT2D eigenvalue weighted by Crippen LogP contribution is -2.40. The van der Waals surface area contributed by atoms with Crippen molar-refractivity contribution in [2.75, 3.05) is 6.54 Å². The van der Waals surface area contributed by atoms with Gasteiger partial charge >= 0.3 is 12.1 Å². The highest BCUT2D eigenvalue weighted by molar-refractivity contribution is 7.13. The molecule has 0 fully saturated rings. The summed E-state index contributed by atoms with van der Waals surface area (Å²) < 4.78 is 40.9. The standard InChI is InChI=1S/C15H14F3N3O3S/c1-9(13(23)20-8-15(16,17)18)24-12(22)6-10-7-25-14(21-10)11-4-2-3-5-19-11/h2-5,7,9H,6,8H2,1H3,(H,20,23). The Morgan fingerprint density at radius 2 is 2.12 bits per heavy atom. The maximum Gasteiger partial charge on any atom is 0.405 e. The molecule has 1 amide bonds. The number of ether oxygens (including phenoxy) is 1. The summed E-state index contributed by atoms with van der Waals surface area (Å²) in [5.74, 6) is -1.77. The van der Waals surface area contributed by atoms with Crippen LogP contribution in [0.15, 0.2) is 29.8 Å². The number of carbonyl (C=O) groups excluding carboxylic acids is 2. The van der Waals surface area contributed by atoms with Crippen LogP contribution in [0, 0.1) is 0 Å². The van der Waals surface area contributed by atoms with Crippen LogP contribution in [0.5, 0.6) is 0 Å². The number of rotatable bonds is 6. The second-order valence-corrected chi connectivity index (χ2v) is 5.86. The molecule has 134 valence electrons. The Balaban J connectivity index is 1.86. The summed E-state index contributed by atoms with van der Waals surface area (Å²) in [6.07, 6.45) is -4.43. The number of nitrogens with zero attached hydrogens (tertiary/aromatic N) is 2. The van der Waals surface area contributed by atoms with Gasteiger partial charge in [0.15, 0.2) is 6.10 Å². The highest BCUT2D eigenvalue weighted by Gasteiger charge is 2.29. The zero-order valence-electron chi connectivity index (χ0n) is 13.0. The number of hydrogen-bond acceptors (Lipinski definition) is 6. The summed E-state index contributed by atoms with van der Waals surface area (Å²) in [7, 11) is 0. The fourth-order valence-electron chi connectivity index (χ4n) is 1.77. The normalized spacial score (nSPS) is 12.5. The maximum atomic E-state index is 12.0. The highest BCUT2D eigenvalue weighted by Crippen LogP contribution is 2.21. The van der Waals surface area contributed by atoms with Gasteiger partial charge in [0.25, 0.3) is 5.91 Å². The number of thiazole rings is 1. The van der Waals surface area contributed by atoms with E-state index in [-0.39, 0.29) is 6.42 Å². The molecule has 0 saturated heterocycles. The molecule has 1 N–H and O–H groups in total. The number of alkyl halides is 3. The minimum Gasteiger partial charge on any atom is -0.452 e. The molecule has 1 unspecified atom stereocenters. The Morgan fingerprint density at radius 1 is 1.36 bits per heavy atom. The topological polar surface area (TPSA) is 81.2 Å². The fourth-order valence-corrected chi connectivity index (χ4v) is 2.56. The van der Waals surface area contributed by atoms with E-state index in [1.54, 1.807) is 35.1 Å². The van der Waals surface area contributed by atoms with Gasteiger partial charge in [-0.15, -0.1) is 11.3 Å². The summed E-state index contributed by atoms with van der Waals surface area (Å²) in [4.78, 5) is 31.6. The largest absolute Gasteiger partial charge is 0.452 e. The number of esters is 1. The quantitative estimate of drug-likeness (QED) is 0.786. The number of pyridine rings is 1. The SMILES string of the molecule is CC(OC(=O)Cc1csc(-c2ccccn2)n1)C(=O)NCC(F)(F)F. The van der Waals surface area contributed by atoms with Crippen LogP contribution in [0.4, 0.5) is 13.2 Å². The molecule has 0 aliphatic rings. The van der Waals surface area contributed by atoms with Crippen molar-refractivity contribution < 1.29 is 27.5 Å². The predicted octanol–water partition coefficient (Wildman–Crippen LogP) is 2.36. The van der Waals surface area contributed by atoms with E-state index in [2.05, 4.69) is 9.97 Å². The molecule has 10 heteroatoms. The zero-order chi connectivity index (χ0) is 18.4. The molecule has 0 aromatic carbocycles. The summed E-state index contributed by atoms with van der Waals surface area (Å²) in [6, 6.07) is 5.34. The van der Waals surface area contributed by atoms with Crippen molar-refractivity contribution in [2.24, 2.45) is 0 Å². The summed E-state index contributed by atoms with van der Waals surface area (Å²) in [5.41, 5.74) is 1.09. The van der Waals surface area contributed by atoms with Crippen LogP contribution in [-0.2, 0) is 20.7 Å². The number of carbonyl (C=O) groups is 2. The molecule has 0 spiro atoms. The van der Waals surface area contributed by atoms with E-state index in [9.17, 15) is 22.8 Å². The van der Waals surface area contributed by atoms with Crippen LogP contribution in [0.2, 0.25) is 0 Å². The van der Waals surface area contributed by atoms with Gasteiger partial charge in [-0.25, -0.2) is 4.98 Å². The van der Waals surface area contributed by atoms with Crippen LogP contribution in [-0.4, -0.2) is 40.7 Å². The number of nitrogens with one attached hydrogen (secondary N) is 1. The molecule has 0 aliphatic heterocycles. The highest BCUT2D eigenvalue weighted by atomic mass is 32.1. The van der Waals surface area contributed by atoms with E-state index in [1.165, 1.54) is 18.3 Å². The molecule has 0 bridgehead atoms. The molecule has 2 aromatic rings. The molecule has 2 heterocycles. The lowest BCUT2D eigenvalue weighted by Gasteiger charge is -2.14. The van der Waals surface area contributed by atoms with E-state index < -0.39 is 30.7 Å². The van der Waals surface area contributed by atoms with Gasteiger partial charge in [0.1, 0.15) is 11.6 Å². The molecule has 2 rings (SSSR count). The second kappa shape index (κ2) is 8.06. The minimum absolute atomic E-state index is 0.194. The molecule has 0 aliphatic carbocycles. The lowest BCUT2D eigenvalue weighted by atomic mass is 10.3. The van der Waals surface area contributed by atoms with Gasteiger partial charge in [-0.2, -0.15) is 13.2 Å². The number of amides is 1. The summed E-state index contributed by atoms with van der Waals surface area (Å²) in [6.45, 7) is -0.281. The third-order valence-electron chi connectivity index (χ3n) is 2.90. The van der Waals surface area contributed by atoms with E-state index in [1.807, 2.05) is 0 Å². The smallest absolute Gasteiger partial charge is 0.405 e. The third-order valence-corrected chi connectivity index (χ3v) is 3.82. The van der Waals surface area contributed by atoms with Crippen molar-refractivity contribution in [3.05, 3.63) is 35.5 Å². The first-order valence-corrected chi connectivity index (χ1v) is 8.02. The van der Waals surface area contributed by atoms with Gasteiger partial charge < -0.3 is 10.1 Å². The summed E-state index contributed by atoms with van der Waals surface area (Å²) >= 11 is 1.29.